The SMILES string of the molecule is Cc1ccc(CC(C)(C)CNC(C)(C)C)cc1. The van der Waals surface area contributed by atoms with Crippen molar-refractivity contribution < 1.29 is 0 Å². The molecule has 0 bridgehead atoms. The second-order valence-electron chi connectivity index (χ2n) is 6.93. The largest absolute Gasteiger partial charge is 0.312 e. The molecule has 0 unspecified atom stereocenters. The van der Waals surface area contributed by atoms with Crippen molar-refractivity contribution in [2.75, 3.05) is 6.54 Å². The van der Waals surface area contributed by atoms with Gasteiger partial charge >= 0.3 is 0 Å². The molecule has 96 valence electrons. The number of rotatable bonds is 4. The highest BCUT2D eigenvalue weighted by molar-refractivity contribution is 5.22. The van der Waals surface area contributed by atoms with Crippen LogP contribution in [0, 0.1) is 12.3 Å². The van der Waals surface area contributed by atoms with E-state index in [-0.39, 0.29) is 5.54 Å². The van der Waals surface area contributed by atoms with Gasteiger partial charge in [-0.1, -0.05) is 43.7 Å². The number of benzene rings is 1. The van der Waals surface area contributed by atoms with Crippen LogP contribution < -0.4 is 5.32 Å². The van der Waals surface area contributed by atoms with Gasteiger partial charge in [0, 0.05) is 12.1 Å². The summed E-state index contributed by atoms with van der Waals surface area (Å²) in [5, 5.41) is 3.59. The van der Waals surface area contributed by atoms with Gasteiger partial charge in [-0.05, 0) is 45.1 Å². The van der Waals surface area contributed by atoms with E-state index in [1.807, 2.05) is 0 Å². The van der Waals surface area contributed by atoms with Crippen molar-refractivity contribution in [2.45, 2.75) is 53.5 Å². The Labute approximate surface area is 107 Å². The van der Waals surface area contributed by atoms with E-state index in [2.05, 4.69) is 71.1 Å². The first-order chi connectivity index (χ1) is 7.68. The molecule has 0 spiro atoms. The third kappa shape index (κ3) is 5.88. The van der Waals surface area contributed by atoms with E-state index >= 15 is 0 Å². The summed E-state index contributed by atoms with van der Waals surface area (Å²) in [7, 11) is 0. The first-order valence-corrected chi connectivity index (χ1v) is 6.49. The maximum Gasteiger partial charge on any atom is 0.00967 e. The number of nitrogens with one attached hydrogen (secondary N) is 1. The van der Waals surface area contributed by atoms with Crippen LogP contribution in [0.1, 0.15) is 45.7 Å². The smallest absolute Gasteiger partial charge is 0.00967 e. The number of aryl methyl sites for hydroxylation is 1. The van der Waals surface area contributed by atoms with Crippen LogP contribution in [0.5, 0.6) is 0 Å². The van der Waals surface area contributed by atoms with Gasteiger partial charge in [-0.2, -0.15) is 0 Å². The summed E-state index contributed by atoms with van der Waals surface area (Å²) < 4.78 is 0. The second-order valence-corrected chi connectivity index (χ2v) is 6.93. The van der Waals surface area contributed by atoms with Crippen molar-refractivity contribution in [3.05, 3.63) is 35.4 Å². The fraction of sp³-hybridized carbons (Fsp3) is 0.625. The third-order valence-corrected chi connectivity index (χ3v) is 2.90. The zero-order valence-electron chi connectivity index (χ0n) is 12.2. The first kappa shape index (κ1) is 14.2. The van der Waals surface area contributed by atoms with Crippen molar-refractivity contribution in [1.82, 2.24) is 5.32 Å². The van der Waals surface area contributed by atoms with Crippen molar-refractivity contribution in [3.8, 4) is 0 Å². The zero-order chi connectivity index (χ0) is 13.1. The Morgan fingerprint density at radius 2 is 1.47 bits per heavy atom. The van der Waals surface area contributed by atoms with Crippen LogP contribution in [0.15, 0.2) is 24.3 Å². The van der Waals surface area contributed by atoms with Gasteiger partial charge in [-0.15, -0.1) is 0 Å². The van der Waals surface area contributed by atoms with Gasteiger partial charge in [0.25, 0.3) is 0 Å². The molecule has 0 atom stereocenters. The Balaban J connectivity index is 2.57. The summed E-state index contributed by atoms with van der Waals surface area (Å²) in [6.07, 6.45) is 1.12. The van der Waals surface area contributed by atoms with Gasteiger partial charge in [-0.25, -0.2) is 0 Å². The van der Waals surface area contributed by atoms with Gasteiger partial charge < -0.3 is 5.32 Å². The molecule has 17 heavy (non-hydrogen) atoms. The molecule has 0 heterocycles. The van der Waals surface area contributed by atoms with E-state index in [1.54, 1.807) is 0 Å². The van der Waals surface area contributed by atoms with Crippen LogP contribution in [-0.2, 0) is 6.42 Å². The Bertz CT molecular complexity index is 341. The van der Waals surface area contributed by atoms with E-state index in [9.17, 15) is 0 Å². The lowest BCUT2D eigenvalue weighted by atomic mass is 9.85. The molecule has 0 aliphatic carbocycles. The summed E-state index contributed by atoms with van der Waals surface area (Å²) in [5.41, 5.74) is 3.25. The van der Waals surface area contributed by atoms with E-state index in [1.165, 1.54) is 11.1 Å². The van der Waals surface area contributed by atoms with Crippen molar-refractivity contribution in [2.24, 2.45) is 5.41 Å². The standard InChI is InChI=1S/C16H27N/c1-13-7-9-14(10-8-13)11-16(5,6)12-17-15(2,3)4/h7-10,17H,11-12H2,1-6H3. The average molecular weight is 233 g/mol. The maximum absolute atomic E-state index is 3.59. The third-order valence-electron chi connectivity index (χ3n) is 2.90. The topological polar surface area (TPSA) is 12.0 Å². The van der Waals surface area contributed by atoms with Crippen LogP contribution in [0.25, 0.3) is 0 Å². The van der Waals surface area contributed by atoms with E-state index in [4.69, 9.17) is 0 Å². The van der Waals surface area contributed by atoms with Crippen LogP contribution >= 0.6 is 0 Å². The Morgan fingerprint density at radius 3 is 1.94 bits per heavy atom. The van der Waals surface area contributed by atoms with E-state index < -0.39 is 0 Å². The summed E-state index contributed by atoms with van der Waals surface area (Å²) in [5.74, 6) is 0. The predicted octanol–water partition coefficient (Wildman–Crippen LogP) is 3.95. The molecular weight excluding hydrogens is 206 g/mol. The van der Waals surface area contributed by atoms with Gasteiger partial charge in [0.05, 0.1) is 0 Å². The van der Waals surface area contributed by atoms with Crippen LogP contribution in [-0.4, -0.2) is 12.1 Å². The molecule has 1 nitrogen and oxygen atoms in total. The molecule has 0 saturated carbocycles. The maximum atomic E-state index is 3.59. The Morgan fingerprint density at radius 1 is 0.941 bits per heavy atom. The van der Waals surface area contributed by atoms with Crippen LogP contribution in [0.4, 0.5) is 0 Å². The Hall–Kier alpha value is -0.820. The minimum absolute atomic E-state index is 0.199. The van der Waals surface area contributed by atoms with Gasteiger partial charge in [0.2, 0.25) is 0 Å². The molecule has 1 N–H and O–H groups in total. The molecule has 1 heteroatoms. The van der Waals surface area contributed by atoms with E-state index in [0.717, 1.165) is 13.0 Å². The van der Waals surface area contributed by atoms with Crippen molar-refractivity contribution in [1.29, 1.82) is 0 Å². The van der Waals surface area contributed by atoms with Crippen molar-refractivity contribution in [3.63, 3.8) is 0 Å². The molecule has 0 saturated heterocycles. The predicted molar refractivity (Wildman–Crippen MR) is 76.4 cm³/mol. The minimum atomic E-state index is 0.199. The summed E-state index contributed by atoms with van der Waals surface area (Å²) in [6, 6.07) is 8.88. The number of hydrogen-bond donors (Lipinski definition) is 1. The fourth-order valence-electron chi connectivity index (χ4n) is 1.83. The average Bonchev–Trinajstić information content (AvgIpc) is 2.18. The highest BCUT2D eigenvalue weighted by Gasteiger charge is 2.21. The molecule has 0 fully saturated rings. The molecule has 0 aliphatic heterocycles. The number of hydrogen-bond acceptors (Lipinski definition) is 1. The fourth-order valence-corrected chi connectivity index (χ4v) is 1.83. The van der Waals surface area contributed by atoms with Crippen molar-refractivity contribution >= 4 is 0 Å². The lowest BCUT2D eigenvalue weighted by Gasteiger charge is -2.30. The monoisotopic (exact) mass is 233 g/mol. The van der Waals surface area contributed by atoms with Crippen LogP contribution in [0.3, 0.4) is 0 Å². The summed E-state index contributed by atoms with van der Waals surface area (Å²) >= 11 is 0. The lowest BCUT2D eigenvalue weighted by Crippen LogP contribution is -2.42. The molecular formula is C16H27N. The quantitative estimate of drug-likeness (QED) is 0.830. The molecule has 1 aromatic rings. The minimum Gasteiger partial charge on any atom is -0.312 e. The van der Waals surface area contributed by atoms with Gasteiger partial charge in [0.15, 0.2) is 0 Å². The first-order valence-electron chi connectivity index (χ1n) is 6.49. The van der Waals surface area contributed by atoms with Gasteiger partial charge in [-0.3, -0.25) is 0 Å². The van der Waals surface area contributed by atoms with Gasteiger partial charge in [0.1, 0.15) is 0 Å². The molecule has 1 aromatic carbocycles. The Kier molecular flexibility index (Phi) is 4.37. The molecule has 0 radical (unpaired) electrons. The van der Waals surface area contributed by atoms with E-state index in [0.29, 0.717) is 5.41 Å². The lowest BCUT2D eigenvalue weighted by molar-refractivity contribution is 0.289. The highest BCUT2D eigenvalue weighted by Crippen LogP contribution is 2.22. The highest BCUT2D eigenvalue weighted by atomic mass is 14.9. The molecule has 0 amide bonds. The molecule has 0 aromatic heterocycles. The second kappa shape index (κ2) is 5.22. The summed E-state index contributed by atoms with van der Waals surface area (Å²) in [6.45, 7) is 14.5. The normalized spacial score (nSPS) is 12.8. The van der Waals surface area contributed by atoms with Crippen LogP contribution in [0.2, 0.25) is 0 Å². The zero-order valence-corrected chi connectivity index (χ0v) is 12.2. The summed E-state index contributed by atoms with van der Waals surface area (Å²) in [4.78, 5) is 0. The molecule has 1 rings (SSSR count). The molecule has 0 aliphatic rings.